The second-order valence-corrected chi connectivity index (χ2v) is 17.8. The van der Waals surface area contributed by atoms with E-state index in [1.807, 2.05) is 0 Å². The van der Waals surface area contributed by atoms with Crippen LogP contribution >= 0.6 is 0 Å². The van der Waals surface area contributed by atoms with Gasteiger partial charge in [0.25, 0.3) is 0 Å². The SMILES string of the molecule is CC/C=C\C/C=C\C/C=C\C/C=C\C/C=C\CCCCCC(=O)OC(COC(=O)CCCCCCCC)COC(=O)CCCCCCCCCCC/C=C\CCCCCCCCCC. The number of carbonyl (C=O) groups excluding carboxylic acids is 3. The predicted molar refractivity (Wildman–Crippen MR) is 274 cm³/mol. The largest absolute Gasteiger partial charge is 0.462 e. The second-order valence-electron chi connectivity index (χ2n) is 17.8. The normalized spacial score (nSPS) is 12.6. The molecule has 1 atom stereocenters. The van der Waals surface area contributed by atoms with E-state index in [1.165, 1.54) is 122 Å². The van der Waals surface area contributed by atoms with Crippen molar-refractivity contribution in [1.82, 2.24) is 0 Å². The molecule has 0 aromatic rings. The van der Waals surface area contributed by atoms with Gasteiger partial charge in [-0.2, -0.15) is 0 Å². The summed E-state index contributed by atoms with van der Waals surface area (Å²) in [6.07, 6.45) is 66.3. The molecule has 0 N–H and O–H groups in total. The summed E-state index contributed by atoms with van der Waals surface area (Å²) in [5.74, 6) is -0.930. The van der Waals surface area contributed by atoms with Crippen LogP contribution in [0.3, 0.4) is 0 Å². The Hall–Kier alpha value is -3.15. The van der Waals surface area contributed by atoms with Gasteiger partial charge < -0.3 is 14.2 Å². The zero-order valence-electron chi connectivity index (χ0n) is 42.0. The van der Waals surface area contributed by atoms with Gasteiger partial charge in [0.05, 0.1) is 0 Å². The van der Waals surface area contributed by atoms with Crippen LogP contribution in [0.4, 0.5) is 0 Å². The third kappa shape index (κ3) is 49.9. The average Bonchev–Trinajstić information content (AvgIpc) is 3.29. The minimum absolute atomic E-state index is 0.0893. The van der Waals surface area contributed by atoms with Gasteiger partial charge >= 0.3 is 17.9 Å². The fraction of sp³-hybridized carbons (Fsp3) is 0.741. The van der Waals surface area contributed by atoms with E-state index in [4.69, 9.17) is 14.2 Å². The lowest BCUT2D eigenvalue weighted by Crippen LogP contribution is -2.30. The summed E-state index contributed by atoms with van der Waals surface area (Å²) in [5, 5.41) is 0. The van der Waals surface area contributed by atoms with Crippen LogP contribution in [0.25, 0.3) is 0 Å². The van der Waals surface area contributed by atoms with Crippen molar-refractivity contribution in [1.29, 1.82) is 0 Å². The summed E-state index contributed by atoms with van der Waals surface area (Å²) >= 11 is 0. The van der Waals surface area contributed by atoms with Crippen molar-refractivity contribution in [2.45, 2.75) is 264 Å². The summed E-state index contributed by atoms with van der Waals surface area (Å²) in [7, 11) is 0. The predicted octanol–water partition coefficient (Wildman–Crippen LogP) is 17.8. The van der Waals surface area contributed by atoms with Gasteiger partial charge in [-0.1, -0.05) is 222 Å². The number of hydrogen-bond acceptors (Lipinski definition) is 6. The number of esters is 3. The Morgan fingerprint density at radius 3 is 0.984 bits per heavy atom. The summed E-state index contributed by atoms with van der Waals surface area (Å²) in [6.45, 7) is 6.44. The lowest BCUT2D eigenvalue weighted by molar-refractivity contribution is -0.167. The molecule has 0 radical (unpaired) electrons. The van der Waals surface area contributed by atoms with E-state index in [-0.39, 0.29) is 31.1 Å². The molecule has 0 aliphatic carbocycles. The highest BCUT2D eigenvalue weighted by atomic mass is 16.6. The standard InChI is InChI=1S/C58H100O6/c1-4-7-10-13-16-18-20-22-24-26-28-29-31-32-34-36-38-40-42-45-48-51-57(60)63-54-55(53-62-56(59)50-47-44-15-12-9-6-3)64-58(61)52-49-46-43-41-39-37-35-33-30-27-25-23-21-19-17-14-11-8-5-2/h8,11,17,19,23,25-26,28,30,33,37,39,55H,4-7,9-10,12-16,18,20-22,24,27,29,31-32,34-36,38,40-54H2,1-3H3/b11-8-,19-17-,25-23-,28-26-,33-30-,39-37-. The fourth-order valence-corrected chi connectivity index (χ4v) is 7.40. The molecule has 0 aliphatic rings. The van der Waals surface area contributed by atoms with E-state index < -0.39 is 6.10 Å². The van der Waals surface area contributed by atoms with Gasteiger partial charge in [0.1, 0.15) is 13.2 Å². The molecule has 0 spiro atoms. The highest BCUT2D eigenvalue weighted by molar-refractivity contribution is 5.71. The lowest BCUT2D eigenvalue weighted by Gasteiger charge is -2.18. The van der Waals surface area contributed by atoms with Crippen molar-refractivity contribution in [2.24, 2.45) is 0 Å². The number of allylic oxidation sites excluding steroid dienone is 12. The van der Waals surface area contributed by atoms with Gasteiger partial charge in [-0.05, 0) is 89.9 Å². The molecule has 6 heteroatoms. The molecule has 0 bridgehead atoms. The molecule has 0 fully saturated rings. The Kier molecular flexibility index (Phi) is 49.9. The molecular weight excluding hydrogens is 793 g/mol. The summed E-state index contributed by atoms with van der Waals surface area (Å²) in [6, 6.07) is 0. The minimum Gasteiger partial charge on any atom is -0.462 e. The zero-order chi connectivity index (χ0) is 46.5. The minimum atomic E-state index is -0.790. The highest BCUT2D eigenvalue weighted by Crippen LogP contribution is 2.15. The monoisotopic (exact) mass is 893 g/mol. The third-order valence-corrected chi connectivity index (χ3v) is 11.4. The van der Waals surface area contributed by atoms with Gasteiger partial charge in [-0.15, -0.1) is 0 Å². The maximum atomic E-state index is 12.8. The third-order valence-electron chi connectivity index (χ3n) is 11.4. The average molecular weight is 893 g/mol. The van der Waals surface area contributed by atoms with Crippen LogP contribution in [0.1, 0.15) is 258 Å². The molecule has 0 heterocycles. The molecule has 64 heavy (non-hydrogen) atoms. The summed E-state index contributed by atoms with van der Waals surface area (Å²) in [4.78, 5) is 37.8. The Labute approximate surface area is 395 Å². The quantitative estimate of drug-likeness (QED) is 0.0262. The van der Waals surface area contributed by atoms with Crippen LogP contribution in [0.15, 0.2) is 72.9 Å². The number of carbonyl (C=O) groups is 3. The van der Waals surface area contributed by atoms with Crippen LogP contribution in [-0.4, -0.2) is 37.2 Å². The number of rotatable bonds is 48. The zero-order valence-corrected chi connectivity index (χ0v) is 42.0. The van der Waals surface area contributed by atoms with E-state index in [0.29, 0.717) is 19.3 Å². The summed E-state index contributed by atoms with van der Waals surface area (Å²) < 4.78 is 16.7. The molecule has 0 aliphatic heterocycles. The van der Waals surface area contributed by atoms with Crippen molar-refractivity contribution in [3.8, 4) is 0 Å². The van der Waals surface area contributed by atoms with Crippen LogP contribution in [0, 0.1) is 0 Å². The fourth-order valence-electron chi connectivity index (χ4n) is 7.40. The first-order chi connectivity index (χ1) is 31.5. The highest BCUT2D eigenvalue weighted by Gasteiger charge is 2.19. The molecule has 368 valence electrons. The van der Waals surface area contributed by atoms with Crippen LogP contribution < -0.4 is 0 Å². The lowest BCUT2D eigenvalue weighted by atomic mass is 10.1. The van der Waals surface area contributed by atoms with Gasteiger partial charge in [0.15, 0.2) is 6.10 Å². The Bertz CT molecular complexity index is 1210. The van der Waals surface area contributed by atoms with Crippen LogP contribution in [0.2, 0.25) is 0 Å². The second kappa shape index (κ2) is 52.5. The maximum absolute atomic E-state index is 12.8. The molecule has 0 aromatic carbocycles. The van der Waals surface area contributed by atoms with Gasteiger partial charge in [0.2, 0.25) is 0 Å². The number of ether oxygens (including phenoxy) is 3. The topological polar surface area (TPSA) is 78.9 Å². The Morgan fingerprint density at radius 1 is 0.328 bits per heavy atom. The molecule has 1 unspecified atom stereocenters. The van der Waals surface area contributed by atoms with Gasteiger partial charge in [-0.25, -0.2) is 0 Å². The smallest absolute Gasteiger partial charge is 0.306 e. The molecule has 6 nitrogen and oxygen atoms in total. The van der Waals surface area contributed by atoms with Crippen molar-refractivity contribution < 1.29 is 28.6 Å². The van der Waals surface area contributed by atoms with Crippen LogP contribution in [-0.2, 0) is 28.6 Å². The van der Waals surface area contributed by atoms with E-state index >= 15 is 0 Å². The molecule has 0 saturated heterocycles. The first-order valence-electron chi connectivity index (χ1n) is 26.9. The van der Waals surface area contributed by atoms with Crippen molar-refractivity contribution in [2.75, 3.05) is 13.2 Å². The van der Waals surface area contributed by atoms with Crippen LogP contribution in [0.5, 0.6) is 0 Å². The molecule has 0 saturated carbocycles. The Morgan fingerprint density at radius 2 is 0.609 bits per heavy atom. The van der Waals surface area contributed by atoms with E-state index in [1.54, 1.807) is 0 Å². The molecule has 0 amide bonds. The van der Waals surface area contributed by atoms with Gasteiger partial charge in [0, 0.05) is 19.3 Å². The number of unbranched alkanes of at least 4 members (excludes halogenated alkanes) is 25. The van der Waals surface area contributed by atoms with E-state index in [9.17, 15) is 14.4 Å². The molecule has 0 rings (SSSR count). The number of hydrogen-bond donors (Lipinski definition) is 0. The van der Waals surface area contributed by atoms with E-state index in [0.717, 1.165) is 96.3 Å². The molecule has 0 aromatic heterocycles. The summed E-state index contributed by atoms with van der Waals surface area (Å²) in [5.41, 5.74) is 0. The first-order valence-corrected chi connectivity index (χ1v) is 26.9. The first kappa shape index (κ1) is 60.9. The van der Waals surface area contributed by atoms with E-state index in [2.05, 4.69) is 93.7 Å². The van der Waals surface area contributed by atoms with Crippen molar-refractivity contribution >= 4 is 17.9 Å². The molecular formula is C58H100O6. The Balaban J connectivity index is 4.24. The van der Waals surface area contributed by atoms with Gasteiger partial charge in [-0.3, -0.25) is 14.4 Å². The maximum Gasteiger partial charge on any atom is 0.306 e. The van der Waals surface area contributed by atoms with Crippen molar-refractivity contribution in [3.05, 3.63) is 72.9 Å². The van der Waals surface area contributed by atoms with Crippen molar-refractivity contribution in [3.63, 3.8) is 0 Å².